The molecule has 116 valence electrons. The molecule has 0 spiro atoms. The number of aryl methyl sites for hydroxylation is 1. The van der Waals surface area contributed by atoms with Gasteiger partial charge in [0, 0.05) is 16.8 Å². The number of aromatic nitrogens is 1. The van der Waals surface area contributed by atoms with E-state index in [1.165, 1.54) is 0 Å². The Morgan fingerprint density at radius 2 is 1.77 bits per heavy atom. The molecule has 2 aromatic rings. The second-order valence-electron chi connectivity index (χ2n) is 6.32. The number of benzene rings is 1. The molecule has 3 N–H and O–H groups in total. The largest absolute Gasteiger partial charge is 0.354 e. The van der Waals surface area contributed by atoms with Crippen LogP contribution in [0.2, 0.25) is 0 Å². The summed E-state index contributed by atoms with van der Waals surface area (Å²) in [6, 6.07) is 8.89. The van der Waals surface area contributed by atoms with E-state index < -0.39 is 0 Å². The summed E-state index contributed by atoms with van der Waals surface area (Å²) in [7, 11) is 0. The summed E-state index contributed by atoms with van der Waals surface area (Å²) in [4.78, 5) is 26.2. The number of H-pyrrole nitrogens is 1. The lowest BCUT2D eigenvalue weighted by Gasteiger charge is -2.15. The molecular formula is C17H21N3O2. The Morgan fingerprint density at radius 3 is 2.32 bits per heavy atom. The van der Waals surface area contributed by atoms with E-state index in [0.717, 1.165) is 11.3 Å². The van der Waals surface area contributed by atoms with E-state index >= 15 is 0 Å². The van der Waals surface area contributed by atoms with Crippen molar-refractivity contribution in [3.05, 3.63) is 47.3 Å². The smallest absolute Gasteiger partial charge is 0.323 e. The third kappa shape index (κ3) is 3.75. The van der Waals surface area contributed by atoms with Crippen LogP contribution >= 0.6 is 0 Å². The molecular weight excluding hydrogens is 278 g/mol. The van der Waals surface area contributed by atoms with Gasteiger partial charge in [-0.3, -0.25) is 4.79 Å². The Kier molecular flexibility index (Phi) is 4.35. The summed E-state index contributed by atoms with van der Waals surface area (Å²) in [6.07, 6.45) is 0.705. The fourth-order valence-electron chi connectivity index (χ4n) is 1.99. The number of aromatic amines is 1. The van der Waals surface area contributed by atoms with E-state index in [1.54, 1.807) is 6.07 Å². The van der Waals surface area contributed by atoms with Crippen molar-refractivity contribution < 1.29 is 9.59 Å². The Balaban J connectivity index is 2.12. The van der Waals surface area contributed by atoms with Crippen LogP contribution in [0.15, 0.2) is 30.3 Å². The van der Waals surface area contributed by atoms with Crippen molar-refractivity contribution in [2.45, 2.75) is 33.1 Å². The quantitative estimate of drug-likeness (QED) is 0.747. The van der Waals surface area contributed by atoms with Gasteiger partial charge in [-0.2, -0.15) is 0 Å². The van der Waals surface area contributed by atoms with Crippen molar-refractivity contribution >= 4 is 23.7 Å². The molecule has 0 saturated carbocycles. The molecule has 5 nitrogen and oxygen atoms in total. The molecule has 0 bridgehead atoms. The molecule has 2 amide bonds. The maximum absolute atomic E-state index is 12.0. The molecule has 1 heterocycles. The first-order chi connectivity index (χ1) is 10.3. The number of carbonyl (C=O) groups excluding carboxylic acids is 2. The van der Waals surface area contributed by atoms with Gasteiger partial charge in [-0.1, -0.05) is 38.5 Å². The number of hydrogen-bond acceptors (Lipinski definition) is 2. The maximum Gasteiger partial charge on any atom is 0.323 e. The van der Waals surface area contributed by atoms with Gasteiger partial charge in [-0.05, 0) is 25.1 Å². The number of carbonyl (C=O) groups is 2. The first-order valence-electron chi connectivity index (χ1n) is 7.13. The highest BCUT2D eigenvalue weighted by Gasteiger charge is 2.19. The SMILES string of the molecule is Cc1ccc(NC(=O)Nc2cc(C(C)(C)C)[nH]c2C=O)cc1. The van der Waals surface area contributed by atoms with Gasteiger partial charge in [0.1, 0.15) is 5.69 Å². The third-order valence-corrected chi connectivity index (χ3v) is 3.33. The lowest BCUT2D eigenvalue weighted by Crippen LogP contribution is -2.19. The number of urea groups is 1. The van der Waals surface area contributed by atoms with Crippen molar-refractivity contribution in [3.63, 3.8) is 0 Å². The predicted octanol–water partition coefficient (Wildman–Crippen LogP) is 4.08. The van der Waals surface area contributed by atoms with Gasteiger partial charge < -0.3 is 15.6 Å². The number of hydrogen-bond donors (Lipinski definition) is 3. The van der Waals surface area contributed by atoms with Crippen LogP contribution in [0, 0.1) is 6.92 Å². The monoisotopic (exact) mass is 299 g/mol. The summed E-state index contributed by atoms with van der Waals surface area (Å²) < 4.78 is 0. The van der Waals surface area contributed by atoms with Crippen LogP contribution in [-0.4, -0.2) is 17.3 Å². The molecule has 1 aromatic carbocycles. The minimum atomic E-state index is -0.383. The molecule has 0 aliphatic carbocycles. The lowest BCUT2D eigenvalue weighted by molar-refractivity contribution is 0.112. The van der Waals surface area contributed by atoms with E-state index in [2.05, 4.69) is 15.6 Å². The highest BCUT2D eigenvalue weighted by molar-refractivity contribution is 6.02. The normalized spacial score (nSPS) is 11.1. The molecule has 22 heavy (non-hydrogen) atoms. The van der Waals surface area contributed by atoms with Crippen molar-refractivity contribution in [1.82, 2.24) is 4.98 Å². The van der Waals surface area contributed by atoms with Gasteiger partial charge in [0.25, 0.3) is 0 Å². The van der Waals surface area contributed by atoms with E-state index in [1.807, 2.05) is 52.0 Å². The standard InChI is InChI=1S/C17H21N3O2/c1-11-5-7-12(8-6-11)18-16(22)20-13-9-15(17(2,3)4)19-14(13)10-21/h5-10,19H,1-4H3,(H2,18,20,22). The van der Waals surface area contributed by atoms with Crippen LogP contribution in [-0.2, 0) is 5.41 Å². The van der Waals surface area contributed by atoms with Crippen LogP contribution < -0.4 is 10.6 Å². The fraction of sp³-hybridized carbons (Fsp3) is 0.294. The highest BCUT2D eigenvalue weighted by Crippen LogP contribution is 2.26. The summed E-state index contributed by atoms with van der Waals surface area (Å²) in [5.41, 5.74) is 3.41. The number of aldehydes is 1. The van der Waals surface area contributed by atoms with Crippen LogP contribution in [0.5, 0.6) is 0 Å². The summed E-state index contributed by atoms with van der Waals surface area (Å²) >= 11 is 0. The first kappa shape index (κ1) is 15.8. The van der Waals surface area contributed by atoms with Crippen molar-refractivity contribution in [3.8, 4) is 0 Å². The van der Waals surface area contributed by atoms with E-state index in [0.29, 0.717) is 23.4 Å². The third-order valence-electron chi connectivity index (χ3n) is 3.33. The van der Waals surface area contributed by atoms with Gasteiger partial charge in [-0.25, -0.2) is 4.79 Å². The first-order valence-corrected chi connectivity index (χ1v) is 7.13. The van der Waals surface area contributed by atoms with E-state index in [4.69, 9.17) is 0 Å². The molecule has 0 atom stereocenters. The summed E-state index contributed by atoms with van der Waals surface area (Å²) in [5, 5.41) is 5.44. The minimum absolute atomic E-state index is 0.134. The molecule has 0 aliphatic rings. The minimum Gasteiger partial charge on any atom is -0.354 e. The van der Waals surface area contributed by atoms with Gasteiger partial charge in [0.2, 0.25) is 0 Å². The molecule has 0 fully saturated rings. The number of amides is 2. The number of rotatable bonds is 3. The van der Waals surface area contributed by atoms with E-state index in [9.17, 15) is 9.59 Å². The second kappa shape index (κ2) is 6.05. The molecule has 1 aromatic heterocycles. The average Bonchev–Trinajstić information content (AvgIpc) is 2.84. The number of nitrogens with one attached hydrogen (secondary N) is 3. The Hall–Kier alpha value is -2.56. The van der Waals surface area contributed by atoms with Crippen molar-refractivity contribution in [2.75, 3.05) is 10.6 Å². The zero-order valence-electron chi connectivity index (χ0n) is 13.3. The van der Waals surface area contributed by atoms with Crippen molar-refractivity contribution in [1.29, 1.82) is 0 Å². The van der Waals surface area contributed by atoms with Crippen molar-refractivity contribution in [2.24, 2.45) is 0 Å². The predicted molar refractivity (Wildman–Crippen MR) is 88.7 cm³/mol. The molecule has 0 unspecified atom stereocenters. The maximum atomic E-state index is 12.0. The van der Waals surface area contributed by atoms with Gasteiger partial charge >= 0.3 is 6.03 Å². The van der Waals surface area contributed by atoms with E-state index in [-0.39, 0.29) is 11.4 Å². The molecule has 0 saturated heterocycles. The van der Waals surface area contributed by atoms with Gasteiger partial charge in [-0.15, -0.1) is 0 Å². The lowest BCUT2D eigenvalue weighted by atomic mass is 9.92. The van der Waals surface area contributed by atoms with Crippen LogP contribution in [0.3, 0.4) is 0 Å². The molecule has 2 rings (SSSR count). The fourth-order valence-corrected chi connectivity index (χ4v) is 1.99. The van der Waals surface area contributed by atoms with Gasteiger partial charge in [0.15, 0.2) is 6.29 Å². The highest BCUT2D eigenvalue weighted by atomic mass is 16.2. The second-order valence-corrected chi connectivity index (χ2v) is 6.32. The molecule has 0 aliphatic heterocycles. The number of anilines is 2. The zero-order chi connectivity index (χ0) is 16.3. The topological polar surface area (TPSA) is 74.0 Å². The Morgan fingerprint density at radius 1 is 1.14 bits per heavy atom. The summed E-state index contributed by atoms with van der Waals surface area (Å²) in [6.45, 7) is 8.07. The summed E-state index contributed by atoms with van der Waals surface area (Å²) in [5.74, 6) is 0. The average molecular weight is 299 g/mol. The van der Waals surface area contributed by atoms with Crippen LogP contribution in [0.25, 0.3) is 0 Å². The molecule has 5 heteroatoms. The Bertz CT molecular complexity index is 679. The van der Waals surface area contributed by atoms with Crippen LogP contribution in [0.1, 0.15) is 42.5 Å². The van der Waals surface area contributed by atoms with Crippen LogP contribution in [0.4, 0.5) is 16.2 Å². The molecule has 0 radical (unpaired) electrons. The Labute approximate surface area is 130 Å². The van der Waals surface area contributed by atoms with Gasteiger partial charge in [0.05, 0.1) is 5.69 Å². The zero-order valence-corrected chi connectivity index (χ0v) is 13.3.